The van der Waals surface area contributed by atoms with Crippen LogP contribution < -0.4 is 15.0 Å². The number of benzene rings is 1. The fraction of sp³-hybridized carbons (Fsp3) is 0.409. The van der Waals surface area contributed by atoms with Gasteiger partial charge in [-0.2, -0.15) is 0 Å². The number of ether oxygens (including phenoxy) is 4. The minimum absolute atomic E-state index is 0.170. The number of methoxy groups -OCH3 is 2. The average Bonchev–Trinajstić information content (AvgIpc) is 3.22. The van der Waals surface area contributed by atoms with Crippen LogP contribution in [0, 0.1) is 0 Å². The molecule has 1 N–H and O–H groups in total. The van der Waals surface area contributed by atoms with Crippen LogP contribution in [-0.4, -0.2) is 69.1 Å². The monoisotopic (exact) mass is 456 g/mol. The van der Waals surface area contributed by atoms with Crippen LogP contribution in [0.15, 0.2) is 30.5 Å². The van der Waals surface area contributed by atoms with Crippen molar-refractivity contribution >= 4 is 38.4 Å². The van der Waals surface area contributed by atoms with E-state index in [-0.39, 0.29) is 18.1 Å². The van der Waals surface area contributed by atoms with E-state index in [0.717, 1.165) is 29.2 Å². The van der Waals surface area contributed by atoms with Gasteiger partial charge in [-0.05, 0) is 18.2 Å². The fourth-order valence-electron chi connectivity index (χ4n) is 3.82. The summed E-state index contributed by atoms with van der Waals surface area (Å²) in [6.45, 7) is 3.16. The summed E-state index contributed by atoms with van der Waals surface area (Å²) in [6, 6.07) is 7.32. The molecule has 1 atom stereocenters. The van der Waals surface area contributed by atoms with E-state index in [4.69, 9.17) is 18.9 Å². The Bertz CT molecular complexity index is 1120. The van der Waals surface area contributed by atoms with Crippen molar-refractivity contribution in [3.63, 3.8) is 0 Å². The lowest BCUT2D eigenvalue weighted by Crippen LogP contribution is -2.52. The fourth-order valence-corrected chi connectivity index (χ4v) is 4.85. The van der Waals surface area contributed by atoms with Gasteiger partial charge in [0.25, 0.3) is 5.91 Å². The molecule has 32 heavy (non-hydrogen) atoms. The molecule has 2 saturated heterocycles. The molecule has 2 aromatic heterocycles. The molecule has 2 aliphatic rings. The Hall–Kier alpha value is -2.79. The summed E-state index contributed by atoms with van der Waals surface area (Å²) < 4.78 is 23.2. The van der Waals surface area contributed by atoms with Crippen LogP contribution in [0.5, 0.6) is 5.75 Å². The number of carbonyl (C=O) groups excluding carboxylic acids is 1. The summed E-state index contributed by atoms with van der Waals surface area (Å²) in [4.78, 5) is 24.0. The van der Waals surface area contributed by atoms with Gasteiger partial charge in [-0.1, -0.05) is 17.4 Å². The van der Waals surface area contributed by atoms with Crippen LogP contribution in [0.3, 0.4) is 0 Å². The molecule has 5 rings (SSSR count). The first-order valence-electron chi connectivity index (χ1n) is 10.4. The standard InChI is InChI=1S/C22H24N4O5S/c1-28-14-10-26(11-14)18-9-13(5-6-23-18)21(27)25-22-24-19-16(29-2)4-3-15(20(19)32-22)17-12-30-7-8-31-17/h3-6,9,14,17H,7-8,10-12H2,1-2H3,(H,24,25,27). The van der Waals surface area contributed by atoms with E-state index in [1.165, 1.54) is 11.3 Å². The van der Waals surface area contributed by atoms with Crippen LogP contribution in [-0.2, 0) is 14.2 Å². The van der Waals surface area contributed by atoms with Crippen LogP contribution >= 0.6 is 11.3 Å². The molecular formula is C22H24N4O5S. The second kappa shape index (κ2) is 8.99. The van der Waals surface area contributed by atoms with Gasteiger partial charge in [0.1, 0.15) is 23.2 Å². The topological polar surface area (TPSA) is 95.0 Å². The molecule has 1 aromatic carbocycles. The van der Waals surface area contributed by atoms with E-state index < -0.39 is 0 Å². The molecule has 9 nitrogen and oxygen atoms in total. The minimum Gasteiger partial charge on any atom is -0.494 e. The first-order valence-corrected chi connectivity index (χ1v) is 11.2. The number of nitrogens with zero attached hydrogens (tertiary/aromatic N) is 3. The third-order valence-electron chi connectivity index (χ3n) is 5.65. The van der Waals surface area contributed by atoms with Crippen molar-refractivity contribution in [2.24, 2.45) is 0 Å². The molecule has 0 radical (unpaired) electrons. The van der Waals surface area contributed by atoms with Gasteiger partial charge < -0.3 is 23.8 Å². The number of rotatable bonds is 6. The number of aromatic nitrogens is 2. The second-order valence-electron chi connectivity index (χ2n) is 7.61. The van der Waals surface area contributed by atoms with Gasteiger partial charge in [-0.15, -0.1) is 0 Å². The smallest absolute Gasteiger partial charge is 0.257 e. The van der Waals surface area contributed by atoms with Crippen molar-refractivity contribution in [2.75, 3.05) is 57.3 Å². The Morgan fingerprint density at radius 3 is 2.88 bits per heavy atom. The molecule has 2 fully saturated rings. The summed E-state index contributed by atoms with van der Waals surface area (Å²) >= 11 is 1.40. The summed E-state index contributed by atoms with van der Waals surface area (Å²) in [7, 11) is 3.31. The van der Waals surface area contributed by atoms with Crippen LogP contribution in [0.1, 0.15) is 22.0 Å². The molecule has 1 unspecified atom stereocenters. The number of hydrogen-bond donors (Lipinski definition) is 1. The van der Waals surface area contributed by atoms with Crippen molar-refractivity contribution in [2.45, 2.75) is 12.2 Å². The molecular weight excluding hydrogens is 432 g/mol. The zero-order chi connectivity index (χ0) is 22.1. The average molecular weight is 457 g/mol. The Kier molecular flexibility index (Phi) is 5.92. The highest BCUT2D eigenvalue weighted by atomic mass is 32.1. The lowest BCUT2D eigenvalue weighted by atomic mass is 10.1. The molecule has 2 aliphatic heterocycles. The number of nitrogens with one attached hydrogen (secondary N) is 1. The highest BCUT2D eigenvalue weighted by Gasteiger charge is 2.28. The first kappa shape index (κ1) is 21.1. The quantitative estimate of drug-likeness (QED) is 0.605. The predicted octanol–water partition coefficient (Wildman–Crippen LogP) is 2.88. The summed E-state index contributed by atoms with van der Waals surface area (Å²) in [5, 5.41) is 3.42. The first-order chi connectivity index (χ1) is 15.7. The molecule has 168 valence electrons. The van der Waals surface area contributed by atoms with E-state index in [9.17, 15) is 4.79 Å². The Labute approximate surface area is 189 Å². The zero-order valence-electron chi connectivity index (χ0n) is 17.9. The Morgan fingerprint density at radius 2 is 2.12 bits per heavy atom. The normalized spacial score (nSPS) is 19.1. The zero-order valence-corrected chi connectivity index (χ0v) is 18.7. The van der Waals surface area contributed by atoms with Crippen LogP contribution in [0.4, 0.5) is 10.9 Å². The molecule has 0 bridgehead atoms. The van der Waals surface area contributed by atoms with Gasteiger partial charge in [-0.25, -0.2) is 9.97 Å². The lowest BCUT2D eigenvalue weighted by Gasteiger charge is -2.39. The highest BCUT2D eigenvalue weighted by molar-refractivity contribution is 7.22. The molecule has 3 aromatic rings. The van der Waals surface area contributed by atoms with E-state index >= 15 is 0 Å². The van der Waals surface area contributed by atoms with Crippen LogP contribution in [0.2, 0.25) is 0 Å². The second-order valence-corrected chi connectivity index (χ2v) is 8.61. The third-order valence-corrected chi connectivity index (χ3v) is 6.67. The Balaban J connectivity index is 1.39. The number of anilines is 2. The van der Waals surface area contributed by atoms with Crippen LogP contribution in [0.25, 0.3) is 10.2 Å². The van der Waals surface area contributed by atoms with Gasteiger partial charge in [0.2, 0.25) is 0 Å². The molecule has 0 aliphatic carbocycles. The number of carbonyl (C=O) groups is 1. The van der Waals surface area contributed by atoms with E-state index in [1.807, 2.05) is 12.1 Å². The summed E-state index contributed by atoms with van der Waals surface area (Å²) in [5.41, 5.74) is 2.20. The van der Waals surface area contributed by atoms with Gasteiger partial charge >= 0.3 is 0 Å². The summed E-state index contributed by atoms with van der Waals surface area (Å²) in [6.07, 6.45) is 1.68. The van der Waals surface area contributed by atoms with E-state index in [0.29, 0.717) is 41.8 Å². The van der Waals surface area contributed by atoms with Gasteiger partial charge in [-0.3, -0.25) is 10.1 Å². The largest absolute Gasteiger partial charge is 0.494 e. The van der Waals surface area contributed by atoms with Crippen molar-refractivity contribution in [3.05, 3.63) is 41.6 Å². The molecule has 0 spiro atoms. The van der Waals surface area contributed by atoms with E-state index in [1.54, 1.807) is 32.5 Å². The Morgan fingerprint density at radius 1 is 1.25 bits per heavy atom. The number of hydrogen-bond acceptors (Lipinski definition) is 9. The maximum atomic E-state index is 12.9. The minimum atomic E-state index is -0.241. The maximum Gasteiger partial charge on any atom is 0.257 e. The van der Waals surface area contributed by atoms with Gasteiger partial charge in [0, 0.05) is 37.5 Å². The van der Waals surface area contributed by atoms with Crippen molar-refractivity contribution in [3.8, 4) is 5.75 Å². The number of amides is 1. The number of pyridine rings is 1. The van der Waals surface area contributed by atoms with Gasteiger partial charge in [0.05, 0.1) is 37.7 Å². The molecule has 0 saturated carbocycles. The predicted molar refractivity (Wildman–Crippen MR) is 121 cm³/mol. The van der Waals surface area contributed by atoms with Gasteiger partial charge in [0.15, 0.2) is 5.13 Å². The maximum absolute atomic E-state index is 12.9. The number of thiazole rings is 1. The van der Waals surface area contributed by atoms with E-state index in [2.05, 4.69) is 20.2 Å². The van der Waals surface area contributed by atoms with Crippen molar-refractivity contribution in [1.29, 1.82) is 0 Å². The molecule has 10 heteroatoms. The lowest BCUT2D eigenvalue weighted by molar-refractivity contribution is -0.0895. The third kappa shape index (κ3) is 4.02. The SMILES string of the molecule is COc1ccc(C2COCCO2)c2sc(NC(=O)c3ccnc(N4CC(OC)C4)c3)nc12. The number of fused-ring (bicyclic) bond motifs is 1. The van der Waals surface area contributed by atoms with Crippen molar-refractivity contribution in [1.82, 2.24) is 9.97 Å². The van der Waals surface area contributed by atoms with Crippen molar-refractivity contribution < 1.29 is 23.7 Å². The molecule has 4 heterocycles. The molecule has 1 amide bonds. The highest BCUT2D eigenvalue weighted by Crippen LogP contribution is 2.39. The summed E-state index contributed by atoms with van der Waals surface area (Å²) in [5.74, 6) is 1.16.